The van der Waals surface area contributed by atoms with Crippen LogP contribution in [0.2, 0.25) is 0 Å². The van der Waals surface area contributed by atoms with E-state index in [1.54, 1.807) is 72.8 Å². The first-order valence-corrected chi connectivity index (χ1v) is 21.3. The molecule has 0 saturated carbocycles. The van der Waals surface area contributed by atoms with Crippen LogP contribution in [0.5, 0.6) is 0 Å². The highest BCUT2D eigenvalue weighted by atomic mass is 16.3. The van der Waals surface area contributed by atoms with Gasteiger partial charge in [-0.15, -0.1) is 0 Å². The van der Waals surface area contributed by atoms with E-state index in [1.807, 2.05) is 6.07 Å². The van der Waals surface area contributed by atoms with Gasteiger partial charge in [-0.1, -0.05) is 188 Å². The Morgan fingerprint density at radius 1 is 0.328 bits per heavy atom. The lowest BCUT2D eigenvalue weighted by Gasteiger charge is -2.29. The number of para-hydroxylation sites is 2. The Morgan fingerprint density at radius 2 is 1.01 bits per heavy atom. The van der Waals surface area contributed by atoms with Crippen molar-refractivity contribution in [3.8, 4) is 55.6 Å². The van der Waals surface area contributed by atoms with E-state index in [4.69, 9.17) is 22.5 Å². The molecule has 0 unspecified atom stereocenters. The van der Waals surface area contributed by atoms with E-state index in [-0.39, 0.29) is 143 Å². The van der Waals surface area contributed by atoms with Crippen molar-refractivity contribution in [2.75, 3.05) is 4.90 Å². The van der Waals surface area contributed by atoms with Crippen LogP contribution in [-0.2, 0) is 0 Å². The second kappa shape index (κ2) is 16.0. The molecule has 3 nitrogen and oxygen atoms in total. The summed E-state index contributed by atoms with van der Waals surface area (Å²) in [6.07, 6.45) is 0. The van der Waals surface area contributed by atoms with E-state index < -0.39 is 60.1 Å². The molecule has 0 aliphatic carbocycles. The lowest BCUT2D eigenvalue weighted by Crippen LogP contribution is -2.12. The summed E-state index contributed by atoms with van der Waals surface area (Å²) < 4.78 is 178. The van der Waals surface area contributed by atoms with Crippen molar-refractivity contribution in [2.45, 2.75) is 0 Å². The summed E-state index contributed by atoms with van der Waals surface area (Å²) in [4.78, 5) is 1.28. The molecule has 0 spiro atoms. The molecule has 2 heterocycles. The number of hydrogen-bond acceptors (Lipinski definition) is 3. The van der Waals surface area contributed by atoms with Crippen LogP contribution in [-0.4, -0.2) is 0 Å². The fourth-order valence-electron chi connectivity index (χ4n) is 8.78. The predicted octanol–water partition coefficient (Wildman–Crippen LogP) is 18.4. The molecule has 11 aromatic carbocycles. The molecular formula is C64H41NO2. The smallest absolute Gasteiger partial charge is 0.143 e. The van der Waals surface area contributed by atoms with E-state index in [0.29, 0.717) is 33.4 Å². The molecule has 67 heavy (non-hydrogen) atoms. The van der Waals surface area contributed by atoms with Crippen LogP contribution >= 0.6 is 0 Å². The summed E-state index contributed by atoms with van der Waals surface area (Å²) in [5.74, 6) is 0. The SMILES string of the molecule is [2H]c1cc([2H])c2c([2H])cc3c(oc4c([2H])cc(-c5cccc(-c6cccc(-c7c([2H])c([2H])c([2H])c([2H])c7[2H])c6)c5)c(N(c5c([2H])cc(-c6ccccc6)cc5[2H])c5c([2H])c([2H])c(-c6cc([2H])cc7c6oc6c([2H])ccc([2H])c67)c([2H])c5[2H])c43)c2c1. The van der Waals surface area contributed by atoms with Crippen molar-refractivity contribution in [3.05, 3.63) is 248 Å². The Bertz CT molecular complexity index is 5000. The monoisotopic (exact) mass is 873 g/mol. The van der Waals surface area contributed by atoms with E-state index in [9.17, 15) is 11.0 Å². The Balaban J connectivity index is 1.15. The van der Waals surface area contributed by atoms with E-state index in [2.05, 4.69) is 0 Å². The van der Waals surface area contributed by atoms with Gasteiger partial charge >= 0.3 is 0 Å². The number of rotatable bonds is 8. The predicted molar refractivity (Wildman–Crippen MR) is 280 cm³/mol. The third-order valence-electron chi connectivity index (χ3n) is 11.9. The molecule has 13 rings (SSSR count). The molecule has 0 saturated heterocycles. The molecule has 0 N–H and O–H groups in total. The molecule has 0 atom stereocenters. The second-order valence-electron chi connectivity index (χ2n) is 15.8. The standard InChI is InChI=1S/C64H41NO2/c1-3-14-42(15-4-1)44-28-33-51(34-29-44)65(52-35-30-46(31-36-52)55-25-13-26-57-56-24-9-10-27-59(56)66-63(55)57)62-53(38-39-60-61(62)58-37-32-45-18-7-8-23-54(45)64(58)67-60)50-22-12-21-49(41-50)48-20-11-19-47(40-48)43-16-5-2-6-17-43/h1-41H/i2D,5D,6D,8D,13D,16D,17D,18D,24D,27D,30D,31D,32D,33D,34D,35D,36D,39D. The van der Waals surface area contributed by atoms with Crippen molar-refractivity contribution < 1.29 is 33.5 Å². The number of anilines is 3. The summed E-state index contributed by atoms with van der Waals surface area (Å²) in [6, 6.07) is 30.6. The highest BCUT2D eigenvalue weighted by Crippen LogP contribution is 2.50. The molecular weight excluding hydrogens is 815 g/mol. The van der Waals surface area contributed by atoms with Crippen LogP contribution in [0.3, 0.4) is 0 Å². The van der Waals surface area contributed by atoms with Crippen LogP contribution in [0.4, 0.5) is 17.1 Å². The van der Waals surface area contributed by atoms with Crippen molar-refractivity contribution in [3.63, 3.8) is 0 Å². The Hall–Kier alpha value is -8.92. The maximum absolute atomic E-state index is 10.2. The second-order valence-corrected chi connectivity index (χ2v) is 15.8. The van der Waals surface area contributed by atoms with Gasteiger partial charge < -0.3 is 13.7 Å². The molecule has 13 aromatic rings. The van der Waals surface area contributed by atoms with Crippen molar-refractivity contribution in [2.24, 2.45) is 0 Å². The molecule has 2 aromatic heterocycles. The maximum Gasteiger partial charge on any atom is 0.143 e. The van der Waals surface area contributed by atoms with E-state index in [0.717, 1.165) is 0 Å². The van der Waals surface area contributed by atoms with Gasteiger partial charge in [-0.3, -0.25) is 0 Å². The first kappa shape index (κ1) is 24.4. The van der Waals surface area contributed by atoms with Gasteiger partial charge in [-0.05, 0) is 110 Å². The zero-order valence-electron chi connectivity index (χ0n) is 53.0. The molecule has 3 heteroatoms. The lowest BCUT2D eigenvalue weighted by molar-refractivity contribution is 0.670. The summed E-state index contributed by atoms with van der Waals surface area (Å²) in [6.45, 7) is 0. The topological polar surface area (TPSA) is 29.5 Å². The minimum absolute atomic E-state index is 0.00618. The Kier molecular flexibility index (Phi) is 5.81. The third kappa shape index (κ3) is 6.67. The van der Waals surface area contributed by atoms with Gasteiger partial charge in [0, 0.05) is 44.0 Å². The highest BCUT2D eigenvalue weighted by molar-refractivity contribution is 6.22. The van der Waals surface area contributed by atoms with Crippen LogP contribution in [0.25, 0.3) is 110 Å². The lowest BCUT2D eigenvalue weighted by atomic mass is 9.93. The maximum atomic E-state index is 10.2. The molecule has 0 aliphatic rings. The first-order chi connectivity index (χ1) is 40.6. The summed E-state index contributed by atoms with van der Waals surface area (Å²) in [7, 11) is 0. The van der Waals surface area contributed by atoms with Gasteiger partial charge in [0.05, 0.1) is 35.7 Å². The van der Waals surface area contributed by atoms with Crippen LogP contribution in [0.15, 0.2) is 257 Å². The number of nitrogens with zero attached hydrogens (tertiary/aromatic N) is 1. The number of benzene rings is 11. The van der Waals surface area contributed by atoms with Crippen molar-refractivity contribution in [1.29, 1.82) is 0 Å². The van der Waals surface area contributed by atoms with E-state index in [1.165, 1.54) is 65.6 Å². The molecule has 0 bridgehead atoms. The molecule has 0 amide bonds. The third-order valence-corrected chi connectivity index (χ3v) is 11.9. The van der Waals surface area contributed by atoms with Gasteiger partial charge in [0.2, 0.25) is 0 Å². The van der Waals surface area contributed by atoms with Crippen LogP contribution < -0.4 is 4.90 Å². The van der Waals surface area contributed by atoms with Crippen LogP contribution in [0, 0.1) is 0 Å². The highest BCUT2D eigenvalue weighted by Gasteiger charge is 2.25. The zero-order chi connectivity index (χ0) is 59.9. The van der Waals surface area contributed by atoms with Crippen LogP contribution in [0.1, 0.15) is 24.7 Å². The molecule has 314 valence electrons. The quantitative estimate of drug-likeness (QED) is 0.152. The first-order valence-electron chi connectivity index (χ1n) is 30.3. The Labute approximate surface area is 413 Å². The fourth-order valence-corrected chi connectivity index (χ4v) is 8.78. The van der Waals surface area contributed by atoms with Crippen molar-refractivity contribution >= 4 is 71.7 Å². The fraction of sp³-hybridized carbons (Fsp3) is 0. The average Bonchev–Trinajstić information content (AvgIpc) is 1.96. The Morgan fingerprint density at radius 3 is 1.84 bits per heavy atom. The molecule has 0 aliphatic heterocycles. The molecule has 0 radical (unpaired) electrons. The largest absolute Gasteiger partial charge is 0.455 e. The van der Waals surface area contributed by atoms with Gasteiger partial charge in [-0.25, -0.2) is 0 Å². The number of furan rings is 2. The average molecular weight is 874 g/mol. The zero-order valence-corrected chi connectivity index (χ0v) is 35.0. The summed E-state index contributed by atoms with van der Waals surface area (Å²) >= 11 is 0. The van der Waals surface area contributed by atoms with Gasteiger partial charge in [0.15, 0.2) is 0 Å². The number of fused-ring (bicyclic) bond motifs is 8. The van der Waals surface area contributed by atoms with Gasteiger partial charge in [0.25, 0.3) is 0 Å². The van der Waals surface area contributed by atoms with Gasteiger partial charge in [0.1, 0.15) is 22.3 Å². The van der Waals surface area contributed by atoms with Gasteiger partial charge in [-0.2, -0.15) is 0 Å². The minimum atomic E-state index is -0.687. The minimum Gasteiger partial charge on any atom is -0.455 e. The summed E-state index contributed by atoms with van der Waals surface area (Å²) in [5.41, 5.74) is 1.95. The normalized spacial score (nSPS) is 15.3. The van der Waals surface area contributed by atoms with E-state index >= 15 is 0 Å². The molecule has 0 fully saturated rings. The van der Waals surface area contributed by atoms with Crippen molar-refractivity contribution in [1.82, 2.24) is 0 Å². The number of hydrogen-bond donors (Lipinski definition) is 0. The summed E-state index contributed by atoms with van der Waals surface area (Å²) in [5, 5.41) is 1.04.